The first kappa shape index (κ1) is 23.9. The highest BCUT2D eigenvalue weighted by Gasteiger charge is 2.45. The van der Waals surface area contributed by atoms with Gasteiger partial charge in [0.1, 0.15) is 6.61 Å². The molecule has 0 aliphatic carbocycles. The molecule has 5 heteroatoms. The number of rotatable bonds is 16. The van der Waals surface area contributed by atoms with Crippen molar-refractivity contribution in [2.45, 2.75) is 85.5 Å². The van der Waals surface area contributed by atoms with E-state index in [0.717, 1.165) is 12.8 Å². The summed E-state index contributed by atoms with van der Waals surface area (Å²) in [5.41, 5.74) is -1.19. The third-order valence-electron chi connectivity index (χ3n) is 4.63. The van der Waals surface area contributed by atoms with Crippen LogP contribution in [0.1, 0.15) is 85.5 Å². The first-order chi connectivity index (χ1) is 12.1. The van der Waals surface area contributed by atoms with Crippen LogP contribution in [-0.4, -0.2) is 38.4 Å². The molecule has 0 saturated carbocycles. The molecule has 0 saturated heterocycles. The van der Waals surface area contributed by atoms with Crippen LogP contribution in [0, 0.1) is 5.41 Å². The standard InChI is InChI=1S/C20H38O5/c1-5-9-10-11-12-13-14-15-24-18(21)20(6-2,7-3)19(22)25-17-16-23-8-4/h5-17H2,1-4H3. The third kappa shape index (κ3) is 9.24. The molecule has 148 valence electrons. The van der Waals surface area contributed by atoms with Crippen LogP contribution in [0.15, 0.2) is 0 Å². The summed E-state index contributed by atoms with van der Waals surface area (Å²) in [4.78, 5) is 24.9. The number of hydrogen-bond acceptors (Lipinski definition) is 5. The van der Waals surface area contributed by atoms with Gasteiger partial charge in [0.15, 0.2) is 5.41 Å². The van der Waals surface area contributed by atoms with Gasteiger partial charge in [-0.15, -0.1) is 0 Å². The van der Waals surface area contributed by atoms with Crippen LogP contribution >= 0.6 is 0 Å². The van der Waals surface area contributed by atoms with Gasteiger partial charge in [0.2, 0.25) is 0 Å². The largest absolute Gasteiger partial charge is 0.465 e. The molecule has 0 aliphatic heterocycles. The molecule has 0 rings (SSSR count). The summed E-state index contributed by atoms with van der Waals surface area (Å²) >= 11 is 0. The molecule has 25 heavy (non-hydrogen) atoms. The second kappa shape index (κ2) is 15.2. The van der Waals surface area contributed by atoms with E-state index in [9.17, 15) is 9.59 Å². The average Bonchev–Trinajstić information content (AvgIpc) is 2.62. The predicted octanol–water partition coefficient (Wildman–Crippen LogP) is 4.67. The highest BCUT2D eigenvalue weighted by atomic mass is 16.6. The molecule has 0 aromatic rings. The van der Waals surface area contributed by atoms with Gasteiger partial charge in [0.25, 0.3) is 0 Å². The lowest BCUT2D eigenvalue weighted by Gasteiger charge is -2.26. The van der Waals surface area contributed by atoms with Crippen LogP contribution in [-0.2, 0) is 23.8 Å². The summed E-state index contributed by atoms with van der Waals surface area (Å²) in [5.74, 6) is -0.952. The maximum Gasteiger partial charge on any atom is 0.323 e. The Hall–Kier alpha value is -1.10. The summed E-state index contributed by atoms with van der Waals surface area (Å²) in [6.45, 7) is 9.19. The molecule has 0 atom stereocenters. The lowest BCUT2D eigenvalue weighted by Crippen LogP contribution is -2.41. The van der Waals surface area contributed by atoms with E-state index >= 15 is 0 Å². The Morgan fingerprint density at radius 3 is 1.72 bits per heavy atom. The molecule has 0 N–H and O–H groups in total. The van der Waals surface area contributed by atoms with Crippen molar-refractivity contribution in [2.24, 2.45) is 5.41 Å². The fourth-order valence-corrected chi connectivity index (χ4v) is 2.75. The summed E-state index contributed by atoms with van der Waals surface area (Å²) < 4.78 is 15.8. The number of carbonyl (C=O) groups excluding carboxylic acids is 2. The second-order valence-corrected chi connectivity index (χ2v) is 6.38. The maximum atomic E-state index is 12.5. The zero-order chi connectivity index (χ0) is 19.0. The van der Waals surface area contributed by atoms with Gasteiger partial charge in [-0.25, -0.2) is 0 Å². The van der Waals surface area contributed by atoms with Crippen LogP contribution in [0.4, 0.5) is 0 Å². The Morgan fingerprint density at radius 1 is 0.680 bits per heavy atom. The molecule has 0 spiro atoms. The van der Waals surface area contributed by atoms with E-state index in [1.807, 2.05) is 20.8 Å². The lowest BCUT2D eigenvalue weighted by atomic mass is 9.82. The Morgan fingerprint density at radius 2 is 1.20 bits per heavy atom. The maximum absolute atomic E-state index is 12.5. The van der Waals surface area contributed by atoms with Crippen molar-refractivity contribution in [3.05, 3.63) is 0 Å². The quantitative estimate of drug-likeness (QED) is 0.228. The molecular formula is C20H38O5. The molecular weight excluding hydrogens is 320 g/mol. The fraction of sp³-hybridized carbons (Fsp3) is 0.900. The molecule has 0 aromatic heterocycles. The van der Waals surface area contributed by atoms with E-state index in [0.29, 0.717) is 32.7 Å². The first-order valence-electron chi connectivity index (χ1n) is 10.0. The van der Waals surface area contributed by atoms with Crippen molar-refractivity contribution in [3.8, 4) is 0 Å². The highest BCUT2D eigenvalue weighted by molar-refractivity contribution is 5.99. The minimum atomic E-state index is -1.19. The monoisotopic (exact) mass is 358 g/mol. The molecule has 0 fully saturated rings. The number of ether oxygens (including phenoxy) is 3. The van der Waals surface area contributed by atoms with Crippen LogP contribution in [0.2, 0.25) is 0 Å². The van der Waals surface area contributed by atoms with E-state index in [2.05, 4.69) is 6.92 Å². The van der Waals surface area contributed by atoms with Crippen LogP contribution < -0.4 is 0 Å². The summed E-state index contributed by atoms with van der Waals surface area (Å²) in [5, 5.41) is 0. The van der Waals surface area contributed by atoms with Gasteiger partial charge in [0.05, 0.1) is 13.2 Å². The number of hydrogen-bond donors (Lipinski definition) is 0. The molecule has 0 radical (unpaired) electrons. The van der Waals surface area contributed by atoms with Crippen LogP contribution in [0.3, 0.4) is 0 Å². The fourth-order valence-electron chi connectivity index (χ4n) is 2.75. The van der Waals surface area contributed by atoms with Crippen molar-refractivity contribution in [3.63, 3.8) is 0 Å². The molecule has 0 aromatic carbocycles. The smallest absolute Gasteiger partial charge is 0.323 e. The van der Waals surface area contributed by atoms with Crippen molar-refractivity contribution in [1.29, 1.82) is 0 Å². The third-order valence-corrected chi connectivity index (χ3v) is 4.63. The van der Waals surface area contributed by atoms with Crippen molar-refractivity contribution in [2.75, 3.05) is 26.4 Å². The number of carbonyl (C=O) groups is 2. The molecule has 0 unspecified atom stereocenters. The SMILES string of the molecule is CCCCCCCCCOC(=O)C(CC)(CC)C(=O)OCCOCC. The first-order valence-corrected chi connectivity index (χ1v) is 10.0. The van der Waals surface area contributed by atoms with Gasteiger partial charge in [0, 0.05) is 6.61 Å². The van der Waals surface area contributed by atoms with E-state index in [-0.39, 0.29) is 6.61 Å². The van der Waals surface area contributed by atoms with Gasteiger partial charge in [-0.3, -0.25) is 9.59 Å². The molecule has 5 nitrogen and oxygen atoms in total. The minimum Gasteiger partial charge on any atom is -0.465 e. The Bertz CT molecular complexity index is 350. The summed E-state index contributed by atoms with van der Waals surface area (Å²) in [6, 6.07) is 0. The van der Waals surface area contributed by atoms with Crippen molar-refractivity contribution in [1.82, 2.24) is 0 Å². The molecule has 0 heterocycles. The van der Waals surface area contributed by atoms with Gasteiger partial charge in [-0.1, -0.05) is 59.3 Å². The van der Waals surface area contributed by atoms with E-state index in [4.69, 9.17) is 14.2 Å². The molecule has 0 bridgehead atoms. The van der Waals surface area contributed by atoms with Gasteiger partial charge < -0.3 is 14.2 Å². The van der Waals surface area contributed by atoms with E-state index in [1.54, 1.807) is 0 Å². The lowest BCUT2D eigenvalue weighted by molar-refractivity contribution is -0.174. The van der Waals surface area contributed by atoms with Crippen molar-refractivity contribution < 1.29 is 23.8 Å². The second-order valence-electron chi connectivity index (χ2n) is 6.38. The zero-order valence-electron chi connectivity index (χ0n) is 16.7. The average molecular weight is 359 g/mol. The van der Waals surface area contributed by atoms with Crippen molar-refractivity contribution >= 4 is 11.9 Å². The molecule has 0 amide bonds. The van der Waals surface area contributed by atoms with Gasteiger partial charge >= 0.3 is 11.9 Å². The Balaban J connectivity index is 4.22. The Kier molecular flexibility index (Phi) is 14.5. The van der Waals surface area contributed by atoms with Crippen LogP contribution in [0.5, 0.6) is 0 Å². The summed E-state index contributed by atoms with van der Waals surface area (Å²) in [6.07, 6.45) is 8.88. The highest BCUT2D eigenvalue weighted by Crippen LogP contribution is 2.30. The van der Waals surface area contributed by atoms with Gasteiger partial charge in [-0.05, 0) is 26.2 Å². The number of esters is 2. The van der Waals surface area contributed by atoms with E-state index < -0.39 is 17.4 Å². The zero-order valence-corrected chi connectivity index (χ0v) is 16.7. The number of unbranched alkanes of at least 4 members (excludes halogenated alkanes) is 6. The predicted molar refractivity (Wildman–Crippen MR) is 99.4 cm³/mol. The minimum absolute atomic E-state index is 0.166. The van der Waals surface area contributed by atoms with Crippen LogP contribution in [0.25, 0.3) is 0 Å². The Labute approximate surface area is 153 Å². The molecule has 0 aliphatic rings. The van der Waals surface area contributed by atoms with Gasteiger partial charge in [-0.2, -0.15) is 0 Å². The van der Waals surface area contributed by atoms with E-state index in [1.165, 1.54) is 32.1 Å². The normalized spacial score (nSPS) is 11.4. The summed E-state index contributed by atoms with van der Waals surface area (Å²) in [7, 11) is 0. The topological polar surface area (TPSA) is 61.8 Å².